The van der Waals surface area contributed by atoms with Crippen molar-refractivity contribution in [1.29, 1.82) is 0 Å². The highest BCUT2D eigenvalue weighted by molar-refractivity contribution is 5.89. The third-order valence-corrected chi connectivity index (χ3v) is 2.79. The standard InChI is InChI=1S/C14H13F2N3O2/c15-10-3-8(4-11(16)6-10)1-2-18-13-12(17)5-9(7-19-13)14(20)21/h3-7H,1-2,17H2,(H,18,19)(H,20,21). The predicted octanol–water partition coefficient (Wildman–Crippen LogP) is 2.29. The summed E-state index contributed by atoms with van der Waals surface area (Å²) < 4.78 is 26.0. The van der Waals surface area contributed by atoms with E-state index in [9.17, 15) is 13.6 Å². The zero-order valence-electron chi connectivity index (χ0n) is 10.9. The lowest BCUT2D eigenvalue weighted by atomic mass is 10.1. The van der Waals surface area contributed by atoms with Crippen LogP contribution in [-0.2, 0) is 6.42 Å². The second-order valence-corrected chi connectivity index (χ2v) is 4.42. The van der Waals surface area contributed by atoms with E-state index < -0.39 is 17.6 Å². The van der Waals surface area contributed by atoms with Crippen molar-refractivity contribution >= 4 is 17.5 Å². The molecular weight excluding hydrogens is 280 g/mol. The first-order valence-electron chi connectivity index (χ1n) is 6.13. The SMILES string of the molecule is Nc1cc(C(=O)O)cnc1NCCc1cc(F)cc(F)c1. The van der Waals surface area contributed by atoms with Crippen LogP contribution < -0.4 is 11.1 Å². The lowest BCUT2D eigenvalue weighted by Crippen LogP contribution is -2.10. The van der Waals surface area contributed by atoms with Crippen molar-refractivity contribution in [3.05, 3.63) is 53.2 Å². The van der Waals surface area contributed by atoms with E-state index in [2.05, 4.69) is 10.3 Å². The number of pyridine rings is 1. The number of aromatic nitrogens is 1. The van der Waals surface area contributed by atoms with Crippen molar-refractivity contribution in [2.45, 2.75) is 6.42 Å². The molecule has 7 heteroatoms. The highest BCUT2D eigenvalue weighted by Crippen LogP contribution is 2.16. The van der Waals surface area contributed by atoms with Crippen molar-refractivity contribution in [1.82, 2.24) is 4.98 Å². The topological polar surface area (TPSA) is 88.2 Å². The van der Waals surface area contributed by atoms with Gasteiger partial charge in [-0.05, 0) is 30.2 Å². The Hall–Kier alpha value is -2.70. The van der Waals surface area contributed by atoms with Crippen LogP contribution in [0, 0.1) is 11.6 Å². The third-order valence-electron chi connectivity index (χ3n) is 2.79. The van der Waals surface area contributed by atoms with Crippen LogP contribution in [0.15, 0.2) is 30.5 Å². The molecule has 1 aromatic heterocycles. The van der Waals surface area contributed by atoms with Gasteiger partial charge in [-0.1, -0.05) is 0 Å². The Kier molecular flexibility index (Phi) is 4.32. The number of hydrogen-bond donors (Lipinski definition) is 3. The van der Waals surface area contributed by atoms with Gasteiger partial charge in [-0.2, -0.15) is 0 Å². The second kappa shape index (κ2) is 6.17. The molecule has 2 aromatic rings. The zero-order valence-corrected chi connectivity index (χ0v) is 10.9. The molecule has 21 heavy (non-hydrogen) atoms. The van der Waals surface area contributed by atoms with Crippen LogP contribution in [0.25, 0.3) is 0 Å². The van der Waals surface area contributed by atoms with Crippen LogP contribution in [0.3, 0.4) is 0 Å². The van der Waals surface area contributed by atoms with E-state index in [0.29, 0.717) is 24.3 Å². The van der Waals surface area contributed by atoms with Crippen molar-refractivity contribution in [2.75, 3.05) is 17.6 Å². The van der Waals surface area contributed by atoms with Crippen molar-refractivity contribution in [3.63, 3.8) is 0 Å². The van der Waals surface area contributed by atoms with Gasteiger partial charge in [0.25, 0.3) is 0 Å². The van der Waals surface area contributed by atoms with E-state index >= 15 is 0 Å². The summed E-state index contributed by atoms with van der Waals surface area (Å²) >= 11 is 0. The number of halogens is 2. The maximum absolute atomic E-state index is 13.0. The van der Waals surface area contributed by atoms with Gasteiger partial charge in [0.05, 0.1) is 11.3 Å². The molecule has 0 fully saturated rings. The van der Waals surface area contributed by atoms with Gasteiger partial charge < -0.3 is 16.2 Å². The molecule has 110 valence electrons. The molecule has 0 aliphatic heterocycles. The van der Waals surface area contributed by atoms with Gasteiger partial charge in [-0.15, -0.1) is 0 Å². The van der Waals surface area contributed by atoms with Crippen LogP contribution in [0.2, 0.25) is 0 Å². The molecule has 1 heterocycles. The summed E-state index contributed by atoms with van der Waals surface area (Å²) in [6, 6.07) is 4.59. The Balaban J connectivity index is 1.98. The highest BCUT2D eigenvalue weighted by atomic mass is 19.1. The van der Waals surface area contributed by atoms with Crippen molar-refractivity contribution in [3.8, 4) is 0 Å². The van der Waals surface area contributed by atoms with Crippen LogP contribution in [-0.4, -0.2) is 22.6 Å². The van der Waals surface area contributed by atoms with Crippen LogP contribution in [0.5, 0.6) is 0 Å². The fourth-order valence-electron chi connectivity index (χ4n) is 1.83. The Morgan fingerprint density at radius 3 is 2.48 bits per heavy atom. The largest absolute Gasteiger partial charge is 0.478 e. The van der Waals surface area contributed by atoms with E-state index in [0.717, 1.165) is 6.07 Å². The summed E-state index contributed by atoms with van der Waals surface area (Å²) in [4.78, 5) is 14.6. The number of carboxylic acids is 1. The normalized spacial score (nSPS) is 10.4. The number of nitrogens with zero attached hydrogens (tertiary/aromatic N) is 1. The van der Waals surface area contributed by atoms with E-state index in [1.807, 2.05) is 0 Å². The molecule has 1 aromatic carbocycles. The van der Waals surface area contributed by atoms with Gasteiger partial charge in [0, 0.05) is 18.8 Å². The number of rotatable bonds is 5. The summed E-state index contributed by atoms with van der Waals surface area (Å²) in [5, 5.41) is 11.7. The zero-order chi connectivity index (χ0) is 15.4. The molecule has 0 atom stereocenters. The van der Waals surface area contributed by atoms with E-state index in [-0.39, 0.29) is 11.3 Å². The average molecular weight is 293 g/mol. The first-order chi connectivity index (χ1) is 9.95. The summed E-state index contributed by atoms with van der Waals surface area (Å²) in [5.74, 6) is -2.05. The number of aromatic carboxylic acids is 1. The van der Waals surface area contributed by atoms with E-state index in [1.54, 1.807) is 0 Å². The Morgan fingerprint density at radius 2 is 1.90 bits per heavy atom. The molecule has 0 saturated carbocycles. The molecule has 0 bridgehead atoms. The Labute approximate surface area is 119 Å². The van der Waals surface area contributed by atoms with Gasteiger partial charge in [0.15, 0.2) is 0 Å². The number of nitrogen functional groups attached to an aromatic ring is 1. The van der Waals surface area contributed by atoms with Crippen LogP contribution >= 0.6 is 0 Å². The number of carboxylic acid groups (broad SMARTS) is 1. The fraction of sp³-hybridized carbons (Fsp3) is 0.143. The van der Waals surface area contributed by atoms with Gasteiger partial charge in [0.2, 0.25) is 0 Å². The van der Waals surface area contributed by atoms with Crippen molar-refractivity contribution < 1.29 is 18.7 Å². The summed E-state index contributed by atoms with van der Waals surface area (Å²) in [6.07, 6.45) is 1.55. The number of hydrogen-bond acceptors (Lipinski definition) is 4. The lowest BCUT2D eigenvalue weighted by Gasteiger charge is -2.09. The number of anilines is 2. The number of carbonyl (C=O) groups is 1. The quantitative estimate of drug-likeness (QED) is 0.787. The summed E-state index contributed by atoms with van der Waals surface area (Å²) in [7, 11) is 0. The number of benzene rings is 1. The smallest absolute Gasteiger partial charge is 0.337 e. The maximum atomic E-state index is 13.0. The predicted molar refractivity (Wildman–Crippen MR) is 74.2 cm³/mol. The molecule has 0 amide bonds. The molecule has 5 nitrogen and oxygen atoms in total. The van der Waals surface area contributed by atoms with Crippen molar-refractivity contribution in [2.24, 2.45) is 0 Å². The Morgan fingerprint density at radius 1 is 1.24 bits per heavy atom. The fourth-order valence-corrected chi connectivity index (χ4v) is 1.83. The molecule has 0 spiro atoms. The monoisotopic (exact) mass is 293 g/mol. The number of nitrogens with one attached hydrogen (secondary N) is 1. The van der Waals surface area contributed by atoms with E-state index in [1.165, 1.54) is 24.4 Å². The third kappa shape index (κ3) is 3.88. The maximum Gasteiger partial charge on any atom is 0.337 e. The van der Waals surface area contributed by atoms with Gasteiger partial charge in [0.1, 0.15) is 17.5 Å². The van der Waals surface area contributed by atoms with Crippen LogP contribution in [0.4, 0.5) is 20.3 Å². The molecule has 0 aliphatic rings. The minimum atomic E-state index is -1.11. The second-order valence-electron chi connectivity index (χ2n) is 4.42. The summed E-state index contributed by atoms with van der Waals surface area (Å²) in [6.45, 7) is 0.354. The lowest BCUT2D eigenvalue weighted by molar-refractivity contribution is 0.0696. The Bertz CT molecular complexity index is 657. The van der Waals surface area contributed by atoms with Gasteiger partial charge in [-0.25, -0.2) is 18.6 Å². The average Bonchev–Trinajstić information content (AvgIpc) is 2.39. The molecule has 0 aliphatic carbocycles. The molecule has 0 saturated heterocycles. The van der Waals surface area contributed by atoms with E-state index in [4.69, 9.17) is 10.8 Å². The van der Waals surface area contributed by atoms with Gasteiger partial charge in [-0.3, -0.25) is 0 Å². The molecule has 0 unspecified atom stereocenters. The highest BCUT2D eigenvalue weighted by Gasteiger charge is 2.07. The summed E-state index contributed by atoms with van der Waals surface area (Å²) in [5.41, 5.74) is 6.36. The first kappa shape index (κ1) is 14.7. The molecule has 2 rings (SSSR count). The molecule has 0 radical (unpaired) electrons. The molecular formula is C14H13F2N3O2. The number of nitrogens with two attached hydrogens (primary N) is 1. The minimum absolute atomic E-state index is 0.00903. The minimum Gasteiger partial charge on any atom is -0.478 e. The first-order valence-corrected chi connectivity index (χ1v) is 6.13. The molecule has 4 N–H and O–H groups in total. The van der Waals surface area contributed by atoms with Gasteiger partial charge >= 0.3 is 5.97 Å². The van der Waals surface area contributed by atoms with Crippen LogP contribution in [0.1, 0.15) is 15.9 Å².